The van der Waals surface area contributed by atoms with Crippen molar-refractivity contribution >= 4 is 80.5 Å². The number of amidine groups is 2. The van der Waals surface area contributed by atoms with Crippen LogP contribution in [0, 0.1) is 0 Å². The molecule has 0 aliphatic carbocycles. The van der Waals surface area contributed by atoms with Crippen molar-refractivity contribution in [1.82, 2.24) is 0 Å². The van der Waals surface area contributed by atoms with Gasteiger partial charge >= 0.3 is 132 Å². The number of nitrogens with zero attached hydrogens (tertiary/aromatic N) is 4. The van der Waals surface area contributed by atoms with Crippen molar-refractivity contribution in [3.8, 4) is 0 Å². The van der Waals surface area contributed by atoms with Gasteiger partial charge in [0.05, 0.1) is 0 Å². The summed E-state index contributed by atoms with van der Waals surface area (Å²) in [7, 11) is 9.50. The molecule has 2 unspecified atom stereocenters. The predicted octanol–water partition coefficient (Wildman–Crippen LogP) is 1.43. The molecule has 0 saturated heterocycles. The molecule has 1 aromatic carbocycles. The van der Waals surface area contributed by atoms with E-state index in [4.69, 9.17) is 20.2 Å². The van der Waals surface area contributed by atoms with Crippen molar-refractivity contribution in [2.45, 2.75) is 0 Å². The van der Waals surface area contributed by atoms with Gasteiger partial charge in [0, 0.05) is 0 Å². The van der Waals surface area contributed by atoms with E-state index in [9.17, 15) is 0 Å². The van der Waals surface area contributed by atoms with Crippen LogP contribution in [0.4, 0.5) is 0 Å². The summed E-state index contributed by atoms with van der Waals surface area (Å²) in [5.41, 5.74) is 2.01. The predicted molar refractivity (Wildman–Crippen MR) is 79.1 cm³/mol. The summed E-state index contributed by atoms with van der Waals surface area (Å²) < 4.78 is 17.7. The van der Waals surface area contributed by atoms with Crippen molar-refractivity contribution < 1.29 is 0 Å². The van der Waals surface area contributed by atoms with Crippen molar-refractivity contribution in [1.29, 1.82) is 0 Å². The average Bonchev–Trinajstić information content (AvgIpc) is 2.98. The zero-order valence-corrected chi connectivity index (χ0v) is 16.9. The second-order valence-corrected chi connectivity index (χ2v) is 24.5. The maximum absolute atomic E-state index is 6.06. The summed E-state index contributed by atoms with van der Waals surface area (Å²) in [6.45, 7) is 0. The van der Waals surface area contributed by atoms with Crippen LogP contribution in [0.2, 0.25) is 0 Å². The Morgan fingerprint density at radius 2 is 1.39 bits per heavy atom. The molecular formula is C8H4Cl2N4Se4. The molecule has 4 nitrogen and oxygen atoms in total. The summed E-state index contributed by atoms with van der Waals surface area (Å²) in [5, 5.41) is 0. The van der Waals surface area contributed by atoms with Gasteiger partial charge in [-0.1, -0.05) is 0 Å². The van der Waals surface area contributed by atoms with Crippen LogP contribution in [0.5, 0.6) is 0 Å². The van der Waals surface area contributed by atoms with E-state index >= 15 is 0 Å². The van der Waals surface area contributed by atoms with E-state index in [1.807, 2.05) is 24.3 Å². The topological polar surface area (TPSA) is 49.4 Å². The van der Waals surface area contributed by atoms with Crippen LogP contribution in [0.1, 0.15) is 11.1 Å². The molecule has 0 aromatic heterocycles. The van der Waals surface area contributed by atoms with Gasteiger partial charge in [0.25, 0.3) is 0 Å². The molecule has 18 heavy (non-hydrogen) atoms. The van der Waals surface area contributed by atoms with Crippen molar-refractivity contribution in [2.24, 2.45) is 15.9 Å². The Balaban J connectivity index is 1.96. The minimum absolute atomic E-state index is 0.138. The number of halogens is 2. The standard InChI is InChI=1S/C8H4Cl2N4Se4/c9-17-13-7(11-15-17)5-2-1-3-6(4-5)8-12-16-18(10)14-8/h1-4H. The molecule has 10 heteroatoms. The van der Waals surface area contributed by atoms with Crippen LogP contribution < -0.4 is 0 Å². The van der Waals surface area contributed by atoms with E-state index in [-0.39, 0.29) is 26.7 Å². The second-order valence-electron chi connectivity index (χ2n) is 3.16. The normalized spacial score (nSPS) is 26.3. The molecule has 0 saturated carbocycles. The Hall–Kier alpha value is 0.818. The van der Waals surface area contributed by atoms with E-state index in [0.717, 1.165) is 22.8 Å². The third-order valence-electron chi connectivity index (χ3n) is 2.07. The molecule has 0 amide bonds. The number of rotatable bonds is 2. The summed E-state index contributed by atoms with van der Waals surface area (Å²) >= 11 is 0.275. The summed E-state index contributed by atoms with van der Waals surface area (Å²) in [6.07, 6.45) is 0. The monoisotopic (exact) mass is 546 g/mol. The molecule has 0 fully saturated rings. The molecule has 0 spiro atoms. The van der Waals surface area contributed by atoms with Crippen LogP contribution in [-0.2, 0) is 0 Å². The first-order chi connectivity index (χ1) is 8.72. The van der Waals surface area contributed by atoms with E-state index in [2.05, 4.69) is 15.9 Å². The van der Waals surface area contributed by atoms with Gasteiger partial charge in [-0.2, -0.15) is 0 Å². The molecule has 0 bridgehead atoms. The fraction of sp³-hybridized carbons (Fsp3) is 0. The van der Waals surface area contributed by atoms with Crippen molar-refractivity contribution in [2.75, 3.05) is 0 Å². The van der Waals surface area contributed by atoms with Crippen LogP contribution in [0.15, 0.2) is 40.2 Å². The van der Waals surface area contributed by atoms with Crippen LogP contribution in [-0.4, -0.2) is 60.3 Å². The first-order valence-corrected chi connectivity index (χ1v) is 20.8. The van der Waals surface area contributed by atoms with E-state index in [0.29, 0.717) is 0 Å². The molecule has 2 aliphatic heterocycles. The number of hydrogen-bond acceptors (Lipinski definition) is 4. The quantitative estimate of drug-likeness (QED) is 0.508. The zero-order valence-electron chi connectivity index (χ0n) is 8.49. The molecule has 94 valence electrons. The molecule has 2 aliphatic rings. The third-order valence-corrected chi connectivity index (χ3v) is 14.6. The van der Waals surface area contributed by atoms with Crippen molar-refractivity contribution in [3.05, 3.63) is 35.4 Å². The average molecular weight is 543 g/mol. The maximum atomic E-state index is 6.06. The molecule has 1 aromatic rings. The Morgan fingerprint density at radius 3 is 1.78 bits per heavy atom. The third kappa shape index (κ3) is 3.10. The van der Waals surface area contributed by atoms with Gasteiger partial charge in [-0.05, 0) is 0 Å². The van der Waals surface area contributed by atoms with Gasteiger partial charge in [-0.15, -0.1) is 0 Å². The van der Waals surface area contributed by atoms with E-state index < -0.39 is 21.9 Å². The van der Waals surface area contributed by atoms with Gasteiger partial charge in [-0.3, -0.25) is 0 Å². The van der Waals surface area contributed by atoms with Gasteiger partial charge < -0.3 is 0 Å². The Morgan fingerprint density at radius 1 is 0.889 bits per heavy atom. The summed E-state index contributed by atoms with van der Waals surface area (Å²) in [4.78, 5) is 0. The van der Waals surface area contributed by atoms with E-state index in [1.54, 1.807) is 0 Å². The van der Waals surface area contributed by atoms with Gasteiger partial charge in [0.15, 0.2) is 0 Å². The Labute approximate surface area is 130 Å². The van der Waals surface area contributed by atoms with Gasteiger partial charge in [-0.25, -0.2) is 0 Å². The van der Waals surface area contributed by atoms with Gasteiger partial charge in [0.1, 0.15) is 0 Å². The first-order valence-electron chi connectivity index (χ1n) is 4.59. The molecule has 2 atom stereocenters. The molecular weight excluding hydrogens is 539 g/mol. The molecule has 0 radical (unpaired) electrons. The fourth-order valence-electron chi connectivity index (χ4n) is 1.34. The SMILES string of the molecule is Cl[Se]1=NC(c2cccc(C3=N[Se][Se](Cl)=N3)c2)=N[Se]1. The number of hydrogen-bond donors (Lipinski definition) is 0. The van der Waals surface area contributed by atoms with Crippen LogP contribution in [0.25, 0.3) is 0 Å². The number of benzene rings is 1. The molecule has 2 heterocycles. The van der Waals surface area contributed by atoms with E-state index in [1.165, 1.54) is 0 Å². The molecule has 3 rings (SSSR count). The summed E-state index contributed by atoms with van der Waals surface area (Å²) in [5.74, 6) is 1.58. The zero-order chi connectivity index (χ0) is 12.5. The van der Waals surface area contributed by atoms with Crippen LogP contribution >= 0.6 is 20.2 Å². The Bertz CT molecular complexity index is 588. The van der Waals surface area contributed by atoms with Crippen molar-refractivity contribution in [3.63, 3.8) is 0 Å². The fourth-order valence-corrected chi connectivity index (χ4v) is 11.7. The minimum atomic E-state index is -1.31. The van der Waals surface area contributed by atoms with Crippen LogP contribution in [0.3, 0.4) is 0 Å². The molecule has 0 N–H and O–H groups in total. The Kier molecular flexibility index (Phi) is 4.65. The van der Waals surface area contributed by atoms with Gasteiger partial charge in [0.2, 0.25) is 0 Å². The summed E-state index contributed by atoms with van der Waals surface area (Å²) in [6, 6.07) is 8.00. The first kappa shape index (κ1) is 13.8. The second kappa shape index (κ2) is 6.07.